The average Bonchev–Trinajstić information content (AvgIpc) is 3.38. The third-order valence-corrected chi connectivity index (χ3v) is 5.00. The van der Waals surface area contributed by atoms with Crippen LogP contribution >= 0.6 is 0 Å². The summed E-state index contributed by atoms with van der Waals surface area (Å²) in [4.78, 5) is 8.92. The van der Waals surface area contributed by atoms with Crippen molar-refractivity contribution in [2.24, 2.45) is 0 Å². The Morgan fingerprint density at radius 2 is 2.07 bits per heavy atom. The Labute approximate surface area is 165 Å². The summed E-state index contributed by atoms with van der Waals surface area (Å²) in [7, 11) is 0. The summed E-state index contributed by atoms with van der Waals surface area (Å²) in [5.41, 5.74) is 8.34. The topological polar surface area (TPSA) is 120 Å². The zero-order valence-electron chi connectivity index (χ0n) is 15.5. The van der Waals surface area contributed by atoms with Gasteiger partial charge >= 0.3 is 0 Å². The number of fused-ring (bicyclic) bond motifs is 1. The SMILES string of the molecule is Nc1cccc(F)c1-c1nc(Nc2cnn(C3CCOCC3)c2)c2[nH]ncc2n1. The van der Waals surface area contributed by atoms with E-state index in [1.54, 1.807) is 24.5 Å². The Morgan fingerprint density at radius 3 is 2.90 bits per heavy atom. The second kappa shape index (κ2) is 7.13. The lowest BCUT2D eigenvalue weighted by atomic mass is 10.1. The van der Waals surface area contributed by atoms with Gasteiger partial charge in [0, 0.05) is 25.1 Å². The third-order valence-electron chi connectivity index (χ3n) is 5.00. The van der Waals surface area contributed by atoms with Gasteiger partial charge in [0.05, 0.1) is 29.7 Å². The molecule has 0 spiro atoms. The average molecular weight is 394 g/mol. The van der Waals surface area contributed by atoms with E-state index < -0.39 is 5.82 Å². The smallest absolute Gasteiger partial charge is 0.167 e. The zero-order chi connectivity index (χ0) is 19.8. The predicted octanol–water partition coefficient (Wildman–Crippen LogP) is 3.03. The lowest BCUT2D eigenvalue weighted by Gasteiger charge is -2.22. The van der Waals surface area contributed by atoms with Crippen molar-refractivity contribution in [2.45, 2.75) is 18.9 Å². The van der Waals surface area contributed by atoms with E-state index in [-0.39, 0.29) is 17.1 Å². The number of anilines is 3. The summed E-state index contributed by atoms with van der Waals surface area (Å²) in [5, 5.41) is 14.6. The summed E-state index contributed by atoms with van der Waals surface area (Å²) in [6.07, 6.45) is 7.08. The molecule has 3 aromatic heterocycles. The standard InChI is InChI=1S/C19H19FN8O/c20-13-2-1-3-14(21)16(13)18-25-15-9-22-27-17(15)19(26-18)24-11-8-23-28(10-11)12-4-6-29-7-5-12/h1-3,8-10,12H,4-7,21H2,(H,22,27)(H,24,25,26). The van der Waals surface area contributed by atoms with Crippen LogP contribution in [-0.4, -0.2) is 43.2 Å². The van der Waals surface area contributed by atoms with E-state index in [0.717, 1.165) is 31.7 Å². The molecular formula is C19H19FN8O. The minimum Gasteiger partial charge on any atom is -0.398 e. The van der Waals surface area contributed by atoms with Gasteiger partial charge in [-0.1, -0.05) is 6.07 Å². The fourth-order valence-electron chi connectivity index (χ4n) is 3.51. The molecule has 1 aromatic carbocycles. The van der Waals surface area contributed by atoms with Crippen LogP contribution in [0.2, 0.25) is 0 Å². The van der Waals surface area contributed by atoms with Gasteiger partial charge in [-0.3, -0.25) is 9.78 Å². The molecule has 4 aromatic rings. The minimum atomic E-state index is -0.480. The number of nitrogen functional groups attached to an aromatic ring is 1. The van der Waals surface area contributed by atoms with E-state index in [4.69, 9.17) is 10.5 Å². The fraction of sp³-hybridized carbons (Fsp3) is 0.263. The van der Waals surface area contributed by atoms with Crippen LogP contribution in [0.1, 0.15) is 18.9 Å². The van der Waals surface area contributed by atoms with Gasteiger partial charge in [0.25, 0.3) is 0 Å². The minimum absolute atomic E-state index is 0.163. The number of nitrogens with one attached hydrogen (secondary N) is 2. The van der Waals surface area contributed by atoms with Crippen molar-refractivity contribution < 1.29 is 9.13 Å². The number of hydrogen-bond donors (Lipinski definition) is 3. The van der Waals surface area contributed by atoms with Crippen molar-refractivity contribution in [3.8, 4) is 11.4 Å². The highest BCUT2D eigenvalue weighted by Crippen LogP contribution is 2.31. The molecule has 148 valence electrons. The van der Waals surface area contributed by atoms with Gasteiger partial charge < -0.3 is 15.8 Å². The number of aromatic nitrogens is 6. The summed E-state index contributed by atoms with van der Waals surface area (Å²) < 4.78 is 21.8. The molecular weight excluding hydrogens is 375 g/mol. The Balaban J connectivity index is 1.52. The molecule has 0 radical (unpaired) electrons. The van der Waals surface area contributed by atoms with Gasteiger partial charge in [-0.05, 0) is 25.0 Å². The van der Waals surface area contributed by atoms with Gasteiger partial charge in [-0.15, -0.1) is 0 Å². The summed E-state index contributed by atoms with van der Waals surface area (Å²) in [6, 6.07) is 4.81. The van der Waals surface area contributed by atoms with Crippen molar-refractivity contribution in [2.75, 3.05) is 24.3 Å². The monoisotopic (exact) mass is 394 g/mol. The molecule has 1 saturated heterocycles. The molecule has 0 amide bonds. The number of halogens is 1. The number of H-pyrrole nitrogens is 1. The summed E-state index contributed by atoms with van der Waals surface area (Å²) in [5.74, 6) is 0.177. The first-order chi connectivity index (χ1) is 14.2. The van der Waals surface area contributed by atoms with Gasteiger partial charge in [-0.2, -0.15) is 10.2 Å². The summed E-state index contributed by atoms with van der Waals surface area (Å²) >= 11 is 0. The van der Waals surface area contributed by atoms with E-state index in [0.29, 0.717) is 22.9 Å². The van der Waals surface area contributed by atoms with Gasteiger partial charge in [0.15, 0.2) is 11.6 Å². The molecule has 1 aliphatic heterocycles. The molecule has 0 atom stereocenters. The van der Waals surface area contributed by atoms with E-state index in [1.165, 1.54) is 6.07 Å². The molecule has 1 aliphatic rings. The van der Waals surface area contributed by atoms with Crippen LogP contribution in [0.25, 0.3) is 22.4 Å². The summed E-state index contributed by atoms with van der Waals surface area (Å²) in [6.45, 7) is 1.47. The van der Waals surface area contributed by atoms with Crippen molar-refractivity contribution >= 4 is 28.2 Å². The molecule has 0 bridgehead atoms. The molecule has 0 aliphatic carbocycles. The van der Waals surface area contributed by atoms with Crippen LogP contribution < -0.4 is 11.1 Å². The first-order valence-corrected chi connectivity index (χ1v) is 9.33. The maximum atomic E-state index is 14.4. The second-order valence-corrected chi connectivity index (χ2v) is 6.91. The predicted molar refractivity (Wildman–Crippen MR) is 106 cm³/mol. The third kappa shape index (κ3) is 3.27. The fourth-order valence-corrected chi connectivity index (χ4v) is 3.51. The molecule has 10 heteroatoms. The van der Waals surface area contributed by atoms with Crippen LogP contribution in [0, 0.1) is 5.82 Å². The van der Waals surface area contributed by atoms with Crippen LogP contribution in [-0.2, 0) is 4.74 Å². The Morgan fingerprint density at radius 1 is 1.21 bits per heavy atom. The quantitative estimate of drug-likeness (QED) is 0.455. The zero-order valence-corrected chi connectivity index (χ0v) is 15.5. The van der Waals surface area contributed by atoms with E-state index in [2.05, 4.69) is 30.6 Å². The lowest BCUT2D eigenvalue weighted by Crippen LogP contribution is -2.19. The first-order valence-electron chi connectivity index (χ1n) is 9.33. The Kier molecular flexibility index (Phi) is 4.32. The van der Waals surface area contributed by atoms with Crippen LogP contribution in [0.15, 0.2) is 36.8 Å². The van der Waals surface area contributed by atoms with E-state index >= 15 is 0 Å². The number of nitrogens with two attached hydrogens (primary N) is 1. The number of aromatic amines is 1. The largest absolute Gasteiger partial charge is 0.398 e. The first kappa shape index (κ1) is 17.6. The molecule has 9 nitrogen and oxygen atoms in total. The number of benzene rings is 1. The molecule has 4 heterocycles. The second-order valence-electron chi connectivity index (χ2n) is 6.91. The van der Waals surface area contributed by atoms with E-state index in [9.17, 15) is 4.39 Å². The Hall–Kier alpha value is -3.53. The molecule has 4 N–H and O–H groups in total. The van der Waals surface area contributed by atoms with Crippen molar-refractivity contribution in [1.29, 1.82) is 0 Å². The Bertz CT molecular complexity index is 1140. The molecule has 0 unspecified atom stereocenters. The van der Waals surface area contributed by atoms with Gasteiger partial charge in [0.1, 0.15) is 16.9 Å². The number of rotatable bonds is 4. The van der Waals surface area contributed by atoms with Crippen molar-refractivity contribution in [3.05, 3.63) is 42.6 Å². The van der Waals surface area contributed by atoms with Crippen LogP contribution in [0.3, 0.4) is 0 Å². The van der Waals surface area contributed by atoms with Gasteiger partial charge in [-0.25, -0.2) is 14.4 Å². The molecule has 0 saturated carbocycles. The molecule has 5 rings (SSSR count). The number of ether oxygens (including phenoxy) is 1. The van der Waals surface area contributed by atoms with Crippen molar-refractivity contribution in [1.82, 2.24) is 29.9 Å². The van der Waals surface area contributed by atoms with E-state index in [1.807, 2.05) is 10.9 Å². The highest BCUT2D eigenvalue weighted by atomic mass is 19.1. The highest BCUT2D eigenvalue weighted by molar-refractivity contribution is 5.89. The maximum absolute atomic E-state index is 14.4. The molecule has 29 heavy (non-hydrogen) atoms. The lowest BCUT2D eigenvalue weighted by molar-refractivity contribution is 0.0662. The van der Waals surface area contributed by atoms with Gasteiger partial charge in [0.2, 0.25) is 0 Å². The normalized spacial score (nSPS) is 15.1. The van der Waals surface area contributed by atoms with Crippen molar-refractivity contribution in [3.63, 3.8) is 0 Å². The van der Waals surface area contributed by atoms with Crippen LogP contribution in [0.5, 0.6) is 0 Å². The number of nitrogens with zero attached hydrogens (tertiary/aromatic N) is 5. The highest BCUT2D eigenvalue weighted by Gasteiger charge is 2.19. The molecule has 1 fully saturated rings. The number of hydrogen-bond acceptors (Lipinski definition) is 7. The van der Waals surface area contributed by atoms with Crippen LogP contribution in [0.4, 0.5) is 21.6 Å². The maximum Gasteiger partial charge on any atom is 0.167 e.